The van der Waals surface area contributed by atoms with Gasteiger partial charge in [0.2, 0.25) is 0 Å². The summed E-state index contributed by atoms with van der Waals surface area (Å²) in [4.78, 5) is 38.9. The Morgan fingerprint density at radius 1 is 0.692 bits per heavy atom. The van der Waals surface area contributed by atoms with Crippen molar-refractivity contribution in [1.82, 2.24) is 0 Å². The average Bonchev–Trinajstić information content (AvgIpc) is 2.67. The van der Waals surface area contributed by atoms with Crippen LogP contribution in [0.25, 0.3) is 0 Å². The first-order chi connectivity index (χ1) is 12.5. The molecule has 3 aromatic rings. The van der Waals surface area contributed by atoms with Gasteiger partial charge in [0, 0.05) is 27.8 Å². The summed E-state index contributed by atoms with van der Waals surface area (Å²) >= 11 is 0. The lowest BCUT2D eigenvalue weighted by Gasteiger charge is -2.21. The molecule has 1 aliphatic rings. The molecule has 4 rings (SSSR count). The molecule has 0 bridgehead atoms. The van der Waals surface area contributed by atoms with E-state index in [4.69, 9.17) is 11.5 Å². The lowest BCUT2D eigenvalue weighted by Crippen LogP contribution is -2.25. The molecule has 3 aromatic carbocycles. The Kier molecular flexibility index (Phi) is 3.44. The van der Waals surface area contributed by atoms with Gasteiger partial charge in [0.15, 0.2) is 17.3 Å². The molecule has 0 amide bonds. The van der Waals surface area contributed by atoms with Crippen LogP contribution in [0, 0.1) is 0 Å². The molecule has 0 aliphatic heterocycles. The fourth-order valence-electron chi connectivity index (χ4n) is 3.26. The molecule has 0 radical (unpaired) electrons. The number of carbonyl (C=O) groups is 3. The van der Waals surface area contributed by atoms with E-state index < -0.39 is 5.78 Å². The summed E-state index contributed by atoms with van der Waals surface area (Å²) in [5, 5.41) is 0. The van der Waals surface area contributed by atoms with Gasteiger partial charge >= 0.3 is 0 Å². The molecule has 0 aromatic heterocycles. The zero-order chi connectivity index (χ0) is 18.4. The number of rotatable bonds is 2. The molecule has 1 aliphatic carbocycles. The molecule has 126 valence electrons. The predicted octanol–water partition coefficient (Wildman–Crippen LogP) is 2.86. The topological polar surface area (TPSA) is 103 Å². The van der Waals surface area contributed by atoms with Crippen LogP contribution in [0.2, 0.25) is 0 Å². The van der Waals surface area contributed by atoms with Crippen LogP contribution in [-0.2, 0) is 0 Å². The number of hydrogen-bond donors (Lipinski definition) is 2. The molecule has 5 nitrogen and oxygen atoms in total. The second kappa shape index (κ2) is 5.67. The highest BCUT2D eigenvalue weighted by atomic mass is 16.1. The fourth-order valence-corrected chi connectivity index (χ4v) is 3.26. The lowest BCUT2D eigenvalue weighted by atomic mass is 9.79. The van der Waals surface area contributed by atoms with Gasteiger partial charge in [-0.25, -0.2) is 0 Å². The zero-order valence-corrected chi connectivity index (χ0v) is 13.7. The molecule has 0 spiro atoms. The van der Waals surface area contributed by atoms with Gasteiger partial charge in [-0.05, 0) is 12.1 Å². The third-order valence-electron chi connectivity index (χ3n) is 4.57. The quantitative estimate of drug-likeness (QED) is 0.431. The number of benzene rings is 3. The summed E-state index contributed by atoms with van der Waals surface area (Å²) in [5.74, 6) is -1.13. The summed E-state index contributed by atoms with van der Waals surface area (Å²) in [6.45, 7) is 0. The van der Waals surface area contributed by atoms with Crippen LogP contribution < -0.4 is 11.5 Å². The average molecular weight is 342 g/mol. The smallest absolute Gasteiger partial charge is 0.197 e. The number of ketones is 3. The molecular weight excluding hydrogens is 328 g/mol. The van der Waals surface area contributed by atoms with Crippen molar-refractivity contribution in [2.45, 2.75) is 0 Å². The van der Waals surface area contributed by atoms with Crippen molar-refractivity contribution < 1.29 is 14.4 Å². The van der Waals surface area contributed by atoms with E-state index in [0.717, 1.165) is 0 Å². The largest absolute Gasteiger partial charge is 0.397 e. The summed E-state index contributed by atoms with van der Waals surface area (Å²) < 4.78 is 0. The number of nitrogens with two attached hydrogens (primary N) is 2. The Morgan fingerprint density at radius 2 is 1.38 bits per heavy atom. The first-order valence-electron chi connectivity index (χ1n) is 8.01. The molecule has 0 fully saturated rings. The molecule has 4 N–H and O–H groups in total. The van der Waals surface area contributed by atoms with Crippen molar-refractivity contribution in [2.75, 3.05) is 11.5 Å². The van der Waals surface area contributed by atoms with Crippen molar-refractivity contribution in [2.24, 2.45) is 0 Å². The van der Waals surface area contributed by atoms with E-state index in [2.05, 4.69) is 0 Å². The molecule has 0 heterocycles. The van der Waals surface area contributed by atoms with Crippen LogP contribution in [0.5, 0.6) is 0 Å². The lowest BCUT2D eigenvalue weighted by molar-refractivity contribution is 0.0971. The summed E-state index contributed by atoms with van der Waals surface area (Å²) in [5.41, 5.74) is 13.2. The molecular formula is C21H14N2O3. The van der Waals surface area contributed by atoms with Gasteiger partial charge in [-0.3, -0.25) is 14.4 Å². The predicted molar refractivity (Wildman–Crippen MR) is 98.4 cm³/mol. The van der Waals surface area contributed by atoms with Crippen LogP contribution in [-0.4, -0.2) is 17.3 Å². The highest BCUT2D eigenvalue weighted by Crippen LogP contribution is 2.35. The highest BCUT2D eigenvalue weighted by molar-refractivity contribution is 6.33. The fraction of sp³-hybridized carbons (Fsp3) is 0. The number of hydrogen-bond acceptors (Lipinski definition) is 5. The second-order valence-electron chi connectivity index (χ2n) is 6.07. The van der Waals surface area contributed by atoms with E-state index in [1.54, 1.807) is 48.5 Å². The van der Waals surface area contributed by atoms with Crippen molar-refractivity contribution in [3.8, 4) is 0 Å². The summed E-state index contributed by atoms with van der Waals surface area (Å²) in [6, 6.07) is 16.3. The van der Waals surface area contributed by atoms with E-state index in [1.807, 2.05) is 0 Å². The second-order valence-corrected chi connectivity index (χ2v) is 6.07. The first kappa shape index (κ1) is 15.8. The monoisotopic (exact) mass is 342 g/mol. The Labute approximate surface area is 149 Å². The number of anilines is 2. The number of nitrogen functional groups attached to an aromatic ring is 2. The van der Waals surface area contributed by atoms with Gasteiger partial charge in [0.25, 0.3) is 0 Å². The van der Waals surface area contributed by atoms with Crippen LogP contribution in [0.15, 0.2) is 60.7 Å². The minimum atomic E-state index is -0.459. The highest BCUT2D eigenvalue weighted by Gasteiger charge is 2.35. The van der Waals surface area contributed by atoms with E-state index in [1.165, 1.54) is 12.1 Å². The van der Waals surface area contributed by atoms with E-state index >= 15 is 0 Å². The Balaban J connectivity index is 1.97. The molecule has 5 heteroatoms. The van der Waals surface area contributed by atoms with Crippen LogP contribution >= 0.6 is 0 Å². The zero-order valence-electron chi connectivity index (χ0n) is 13.7. The Morgan fingerprint density at radius 3 is 2.12 bits per heavy atom. The normalized spacial score (nSPS) is 12.5. The summed E-state index contributed by atoms with van der Waals surface area (Å²) in [6.07, 6.45) is 0. The van der Waals surface area contributed by atoms with E-state index in [-0.39, 0.29) is 50.8 Å². The maximum atomic E-state index is 13.1. The van der Waals surface area contributed by atoms with Crippen molar-refractivity contribution in [1.29, 1.82) is 0 Å². The van der Waals surface area contributed by atoms with Crippen molar-refractivity contribution in [3.63, 3.8) is 0 Å². The van der Waals surface area contributed by atoms with Gasteiger partial charge in [0.05, 0.1) is 16.9 Å². The van der Waals surface area contributed by atoms with Crippen LogP contribution in [0.4, 0.5) is 11.4 Å². The number of carbonyl (C=O) groups excluding carboxylic acids is 3. The number of fused-ring (bicyclic) bond motifs is 2. The maximum Gasteiger partial charge on any atom is 0.197 e. The van der Waals surface area contributed by atoms with Gasteiger partial charge in [-0.15, -0.1) is 0 Å². The minimum absolute atomic E-state index is 0.0634. The third-order valence-corrected chi connectivity index (χ3v) is 4.57. The van der Waals surface area contributed by atoms with Crippen LogP contribution in [0.1, 0.15) is 47.8 Å². The standard InChI is InChI=1S/C21H14N2O3/c22-15-10-9-14-17(18(15)23)21(26)16-12(7-4-8-13(16)20(14)25)19(24)11-5-2-1-3-6-11/h1-10H,22-23H2. The molecule has 0 unspecified atom stereocenters. The van der Waals surface area contributed by atoms with Gasteiger partial charge in [-0.2, -0.15) is 0 Å². The first-order valence-corrected chi connectivity index (χ1v) is 8.01. The molecule has 26 heavy (non-hydrogen) atoms. The van der Waals surface area contributed by atoms with E-state index in [9.17, 15) is 14.4 Å². The van der Waals surface area contributed by atoms with Crippen LogP contribution in [0.3, 0.4) is 0 Å². The molecule has 0 saturated carbocycles. The van der Waals surface area contributed by atoms with Gasteiger partial charge in [0.1, 0.15) is 0 Å². The van der Waals surface area contributed by atoms with Crippen molar-refractivity contribution in [3.05, 3.63) is 94.0 Å². The summed E-state index contributed by atoms with van der Waals surface area (Å²) in [7, 11) is 0. The van der Waals surface area contributed by atoms with Crippen molar-refractivity contribution >= 4 is 28.7 Å². The SMILES string of the molecule is Nc1ccc2c(c1N)C(=O)c1c(C(=O)c3ccccc3)cccc1C2=O. The maximum absolute atomic E-state index is 13.1. The molecule has 0 saturated heterocycles. The molecule has 0 atom stereocenters. The minimum Gasteiger partial charge on any atom is -0.397 e. The third kappa shape index (κ3) is 2.14. The van der Waals surface area contributed by atoms with E-state index in [0.29, 0.717) is 5.56 Å². The van der Waals surface area contributed by atoms with Gasteiger partial charge in [-0.1, -0.05) is 48.5 Å². The van der Waals surface area contributed by atoms with Gasteiger partial charge < -0.3 is 11.5 Å². The Bertz CT molecular complexity index is 1100. The Hall–Kier alpha value is -3.73.